The van der Waals surface area contributed by atoms with Crippen molar-refractivity contribution in [3.63, 3.8) is 0 Å². The van der Waals surface area contributed by atoms with E-state index in [9.17, 15) is 10.2 Å². The lowest BCUT2D eigenvalue weighted by Crippen LogP contribution is -2.46. The SMILES string of the molecule is COc1ccc(C(O)CNCC2(O)CCOC2C)cc1. The van der Waals surface area contributed by atoms with E-state index in [0.29, 0.717) is 26.1 Å². The van der Waals surface area contributed by atoms with Crippen molar-refractivity contribution in [2.75, 3.05) is 26.8 Å². The number of rotatable bonds is 6. The monoisotopic (exact) mass is 281 g/mol. The Bertz CT molecular complexity index is 422. The summed E-state index contributed by atoms with van der Waals surface area (Å²) in [6, 6.07) is 7.31. The van der Waals surface area contributed by atoms with Crippen LogP contribution in [0.15, 0.2) is 24.3 Å². The Morgan fingerprint density at radius 3 is 2.70 bits per heavy atom. The number of aliphatic hydroxyl groups is 2. The average molecular weight is 281 g/mol. The zero-order valence-electron chi connectivity index (χ0n) is 12.0. The maximum absolute atomic E-state index is 10.3. The summed E-state index contributed by atoms with van der Waals surface area (Å²) in [5, 5.41) is 23.5. The van der Waals surface area contributed by atoms with E-state index in [-0.39, 0.29) is 6.10 Å². The summed E-state index contributed by atoms with van der Waals surface area (Å²) >= 11 is 0. The van der Waals surface area contributed by atoms with Gasteiger partial charge in [0, 0.05) is 26.1 Å². The van der Waals surface area contributed by atoms with Crippen LogP contribution >= 0.6 is 0 Å². The number of benzene rings is 1. The van der Waals surface area contributed by atoms with Gasteiger partial charge < -0.3 is 25.0 Å². The van der Waals surface area contributed by atoms with Gasteiger partial charge in [-0.05, 0) is 24.6 Å². The van der Waals surface area contributed by atoms with Crippen molar-refractivity contribution >= 4 is 0 Å². The second kappa shape index (κ2) is 6.54. The maximum atomic E-state index is 10.3. The maximum Gasteiger partial charge on any atom is 0.118 e. The van der Waals surface area contributed by atoms with Crippen LogP contribution in [0.1, 0.15) is 25.0 Å². The van der Waals surface area contributed by atoms with Gasteiger partial charge in [-0.3, -0.25) is 0 Å². The third kappa shape index (κ3) is 3.49. The molecule has 5 nitrogen and oxygen atoms in total. The number of hydrogen-bond donors (Lipinski definition) is 3. The van der Waals surface area contributed by atoms with Crippen LogP contribution in [0.4, 0.5) is 0 Å². The molecule has 0 radical (unpaired) electrons. The first-order chi connectivity index (χ1) is 9.55. The zero-order chi connectivity index (χ0) is 14.6. The van der Waals surface area contributed by atoms with Crippen LogP contribution in [-0.4, -0.2) is 48.7 Å². The van der Waals surface area contributed by atoms with E-state index in [1.807, 2.05) is 31.2 Å². The van der Waals surface area contributed by atoms with Crippen LogP contribution in [0.25, 0.3) is 0 Å². The van der Waals surface area contributed by atoms with Gasteiger partial charge in [-0.15, -0.1) is 0 Å². The summed E-state index contributed by atoms with van der Waals surface area (Å²) < 4.78 is 10.4. The molecule has 1 aliphatic heterocycles. The van der Waals surface area contributed by atoms with Gasteiger partial charge >= 0.3 is 0 Å². The molecule has 112 valence electrons. The minimum Gasteiger partial charge on any atom is -0.497 e. The van der Waals surface area contributed by atoms with Crippen LogP contribution in [0, 0.1) is 0 Å². The number of nitrogens with one attached hydrogen (secondary N) is 1. The van der Waals surface area contributed by atoms with Crippen molar-refractivity contribution in [1.29, 1.82) is 0 Å². The second-order valence-electron chi connectivity index (χ2n) is 5.29. The third-order valence-electron chi connectivity index (χ3n) is 3.93. The molecule has 1 heterocycles. The molecule has 20 heavy (non-hydrogen) atoms. The molecule has 5 heteroatoms. The van der Waals surface area contributed by atoms with Crippen molar-refractivity contribution in [1.82, 2.24) is 5.32 Å². The normalized spacial score (nSPS) is 27.5. The summed E-state index contributed by atoms with van der Waals surface area (Å²) in [5.74, 6) is 0.764. The quantitative estimate of drug-likeness (QED) is 0.721. The number of aliphatic hydroxyl groups excluding tert-OH is 1. The van der Waals surface area contributed by atoms with Gasteiger partial charge in [0.1, 0.15) is 11.4 Å². The molecule has 1 saturated heterocycles. The molecular formula is C15H23NO4. The Balaban J connectivity index is 1.81. The van der Waals surface area contributed by atoms with Gasteiger partial charge in [-0.1, -0.05) is 12.1 Å². The topological polar surface area (TPSA) is 71.0 Å². The fourth-order valence-corrected chi connectivity index (χ4v) is 2.37. The minimum atomic E-state index is -0.834. The van der Waals surface area contributed by atoms with Gasteiger partial charge in [0.15, 0.2) is 0 Å². The Morgan fingerprint density at radius 2 is 2.15 bits per heavy atom. The van der Waals surface area contributed by atoms with Crippen molar-refractivity contribution in [2.24, 2.45) is 0 Å². The molecule has 3 N–H and O–H groups in total. The van der Waals surface area contributed by atoms with Crippen molar-refractivity contribution in [2.45, 2.75) is 31.2 Å². The van der Waals surface area contributed by atoms with Gasteiger partial charge in [-0.2, -0.15) is 0 Å². The van der Waals surface area contributed by atoms with Gasteiger partial charge in [-0.25, -0.2) is 0 Å². The summed E-state index contributed by atoms with van der Waals surface area (Å²) in [5.41, 5.74) is -0.0133. The molecule has 1 aliphatic rings. The fraction of sp³-hybridized carbons (Fsp3) is 0.600. The number of ether oxygens (including phenoxy) is 2. The van der Waals surface area contributed by atoms with Crippen LogP contribution in [-0.2, 0) is 4.74 Å². The van der Waals surface area contributed by atoms with Gasteiger partial charge in [0.05, 0.1) is 19.3 Å². The fourth-order valence-electron chi connectivity index (χ4n) is 2.37. The van der Waals surface area contributed by atoms with Gasteiger partial charge in [0.25, 0.3) is 0 Å². The highest BCUT2D eigenvalue weighted by Crippen LogP contribution is 2.25. The van der Waals surface area contributed by atoms with Crippen molar-refractivity contribution in [3.05, 3.63) is 29.8 Å². The molecular weight excluding hydrogens is 258 g/mol. The van der Waals surface area contributed by atoms with Crippen LogP contribution in [0.5, 0.6) is 5.75 Å². The van der Waals surface area contributed by atoms with E-state index < -0.39 is 11.7 Å². The molecule has 0 amide bonds. The summed E-state index contributed by atoms with van der Waals surface area (Å²) in [7, 11) is 1.61. The lowest BCUT2D eigenvalue weighted by atomic mass is 9.96. The largest absolute Gasteiger partial charge is 0.497 e. The summed E-state index contributed by atoms with van der Waals surface area (Å²) in [6.07, 6.45) is -0.157. The molecule has 3 atom stereocenters. The third-order valence-corrected chi connectivity index (χ3v) is 3.93. The predicted octanol–water partition coefficient (Wildman–Crippen LogP) is 0.858. The Kier molecular flexibility index (Phi) is 4.99. The lowest BCUT2D eigenvalue weighted by molar-refractivity contribution is -0.0274. The smallest absolute Gasteiger partial charge is 0.118 e. The highest BCUT2D eigenvalue weighted by atomic mass is 16.5. The molecule has 0 aliphatic carbocycles. The zero-order valence-corrected chi connectivity index (χ0v) is 12.0. The minimum absolute atomic E-state index is 0.173. The number of hydrogen-bond acceptors (Lipinski definition) is 5. The molecule has 1 fully saturated rings. The van der Waals surface area contributed by atoms with Crippen LogP contribution in [0.3, 0.4) is 0 Å². The molecule has 0 bridgehead atoms. The van der Waals surface area contributed by atoms with E-state index in [4.69, 9.17) is 9.47 Å². The molecule has 0 spiro atoms. The first-order valence-corrected chi connectivity index (χ1v) is 6.92. The lowest BCUT2D eigenvalue weighted by Gasteiger charge is -2.27. The highest BCUT2D eigenvalue weighted by Gasteiger charge is 2.39. The van der Waals surface area contributed by atoms with E-state index in [0.717, 1.165) is 11.3 Å². The first kappa shape index (κ1) is 15.3. The first-order valence-electron chi connectivity index (χ1n) is 6.92. The second-order valence-corrected chi connectivity index (χ2v) is 5.29. The van der Waals surface area contributed by atoms with Gasteiger partial charge in [0.2, 0.25) is 0 Å². The Morgan fingerprint density at radius 1 is 1.45 bits per heavy atom. The van der Waals surface area contributed by atoms with Crippen molar-refractivity contribution in [3.8, 4) is 5.75 Å². The summed E-state index contributed by atoms with van der Waals surface area (Å²) in [4.78, 5) is 0. The van der Waals surface area contributed by atoms with Crippen LogP contribution in [0.2, 0.25) is 0 Å². The predicted molar refractivity (Wildman–Crippen MR) is 75.8 cm³/mol. The van der Waals surface area contributed by atoms with E-state index in [1.54, 1.807) is 7.11 Å². The van der Waals surface area contributed by atoms with Crippen molar-refractivity contribution < 1.29 is 19.7 Å². The molecule has 0 saturated carbocycles. The molecule has 3 unspecified atom stereocenters. The molecule has 1 aromatic rings. The highest BCUT2D eigenvalue weighted by molar-refractivity contribution is 5.28. The Hall–Kier alpha value is -1.14. The standard InChI is InChI=1S/C15H23NO4/c1-11-15(18,7-8-20-11)10-16-9-14(17)12-3-5-13(19-2)6-4-12/h3-6,11,14,16-18H,7-10H2,1-2H3. The number of methoxy groups -OCH3 is 1. The Labute approximate surface area is 119 Å². The molecule has 2 rings (SSSR count). The van der Waals surface area contributed by atoms with E-state index >= 15 is 0 Å². The average Bonchev–Trinajstić information content (AvgIpc) is 2.79. The summed E-state index contributed by atoms with van der Waals surface area (Å²) in [6.45, 7) is 3.26. The molecule has 1 aromatic carbocycles. The van der Waals surface area contributed by atoms with Crippen LogP contribution < -0.4 is 10.1 Å². The van der Waals surface area contributed by atoms with E-state index in [2.05, 4.69) is 5.32 Å². The van der Waals surface area contributed by atoms with E-state index in [1.165, 1.54) is 0 Å². The molecule has 0 aromatic heterocycles.